The van der Waals surface area contributed by atoms with Crippen molar-refractivity contribution in [2.75, 3.05) is 6.61 Å². The molecule has 0 radical (unpaired) electrons. The Morgan fingerprint density at radius 3 is 1.11 bits per heavy atom. The monoisotopic (exact) mass is 918 g/mol. The number of ether oxygens (including phenoxy) is 1. The van der Waals surface area contributed by atoms with Gasteiger partial charge in [0.15, 0.2) is 0 Å². The highest BCUT2D eigenvalue weighted by Gasteiger charge is 2.24. The molecule has 3 unspecified atom stereocenters. The number of rotatable bonds is 54. The van der Waals surface area contributed by atoms with E-state index in [1.165, 1.54) is 225 Å². The molecule has 6 heteroatoms. The highest BCUT2D eigenvalue weighted by molar-refractivity contribution is 5.77. The lowest BCUT2D eigenvalue weighted by Crippen LogP contribution is -2.46. The van der Waals surface area contributed by atoms with Gasteiger partial charge in [-0.2, -0.15) is 0 Å². The zero-order valence-corrected chi connectivity index (χ0v) is 44.2. The molecule has 6 nitrogen and oxygen atoms in total. The van der Waals surface area contributed by atoms with E-state index >= 15 is 0 Å². The number of carbonyl (C=O) groups is 2. The molecule has 3 atom stereocenters. The molecule has 0 saturated heterocycles. The van der Waals surface area contributed by atoms with E-state index < -0.39 is 18.2 Å². The summed E-state index contributed by atoms with van der Waals surface area (Å²) in [5.41, 5.74) is 0. The van der Waals surface area contributed by atoms with Crippen LogP contribution in [0.25, 0.3) is 0 Å². The maximum Gasteiger partial charge on any atom is 0.306 e. The van der Waals surface area contributed by atoms with Crippen molar-refractivity contribution in [3.8, 4) is 0 Å². The highest BCUT2D eigenvalue weighted by atomic mass is 16.5. The van der Waals surface area contributed by atoms with Crippen LogP contribution in [0.5, 0.6) is 0 Å². The molecule has 0 rings (SSSR count). The number of esters is 1. The van der Waals surface area contributed by atoms with E-state index in [4.69, 9.17) is 4.74 Å². The Morgan fingerprint density at radius 2 is 0.738 bits per heavy atom. The van der Waals surface area contributed by atoms with Crippen molar-refractivity contribution in [2.45, 2.75) is 347 Å². The summed E-state index contributed by atoms with van der Waals surface area (Å²) in [5, 5.41) is 23.9. The van der Waals surface area contributed by atoms with Gasteiger partial charge >= 0.3 is 5.97 Å². The predicted octanol–water partition coefficient (Wildman–Crippen LogP) is 18.1. The molecule has 0 aliphatic carbocycles. The van der Waals surface area contributed by atoms with Gasteiger partial charge in [0.25, 0.3) is 0 Å². The van der Waals surface area contributed by atoms with Crippen molar-refractivity contribution in [1.29, 1.82) is 0 Å². The average Bonchev–Trinajstić information content (AvgIpc) is 3.30. The standard InChI is InChI=1S/C59H115NO5/c1-4-7-10-13-16-19-22-25-28-29-30-31-34-37-40-43-46-49-52-59(64)65-55(50-47-44-41-38-35-32-26-23-20-17-14-11-8-5-2)53-58(63)60-56(54-61)57(62)51-48-45-42-39-36-33-27-24-21-18-15-12-9-6-3/h32,35,55-57,61-62H,4-31,33-34,36-54H2,1-3H3,(H,60,63)/b35-32+. The Kier molecular flexibility index (Phi) is 52.4. The number of hydrogen-bond acceptors (Lipinski definition) is 5. The first-order valence-electron chi connectivity index (χ1n) is 29.4. The number of amides is 1. The van der Waals surface area contributed by atoms with Gasteiger partial charge in [-0.05, 0) is 51.4 Å². The van der Waals surface area contributed by atoms with Gasteiger partial charge in [0.05, 0.1) is 25.2 Å². The third kappa shape index (κ3) is 48.9. The highest BCUT2D eigenvalue weighted by Crippen LogP contribution is 2.19. The van der Waals surface area contributed by atoms with E-state index in [0.29, 0.717) is 19.3 Å². The number of unbranched alkanes of at least 4 members (excludes halogenated alkanes) is 40. The number of aliphatic hydroxyl groups is 2. The largest absolute Gasteiger partial charge is 0.462 e. The lowest BCUT2D eigenvalue weighted by Gasteiger charge is -2.24. The van der Waals surface area contributed by atoms with E-state index in [9.17, 15) is 19.8 Å². The van der Waals surface area contributed by atoms with E-state index in [-0.39, 0.29) is 24.9 Å². The second kappa shape index (κ2) is 53.6. The molecule has 0 heterocycles. The fraction of sp³-hybridized carbons (Fsp3) is 0.932. The summed E-state index contributed by atoms with van der Waals surface area (Å²) in [5.74, 6) is -0.465. The number of aliphatic hydroxyl groups excluding tert-OH is 2. The van der Waals surface area contributed by atoms with Crippen LogP contribution in [0.3, 0.4) is 0 Å². The molecule has 3 N–H and O–H groups in total. The first kappa shape index (κ1) is 63.6. The first-order chi connectivity index (χ1) is 32.0. The van der Waals surface area contributed by atoms with Gasteiger partial charge in [0, 0.05) is 6.42 Å². The van der Waals surface area contributed by atoms with Crippen molar-refractivity contribution < 1.29 is 24.5 Å². The van der Waals surface area contributed by atoms with Gasteiger partial charge in [-0.15, -0.1) is 0 Å². The van der Waals surface area contributed by atoms with Crippen molar-refractivity contribution in [3.63, 3.8) is 0 Å². The van der Waals surface area contributed by atoms with E-state index in [1.807, 2.05) is 0 Å². The summed E-state index contributed by atoms with van der Waals surface area (Å²) in [6, 6.07) is -0.701. The van der Waals surface area contributed by atoms with Gasteiger partial charge in [0.1, 0.15) is 6.10 Å². The molecule has 0 bridgehead atoms. The minimum atomic E-state index is -0.786. The molecule has 65 heavy (non-hydrogen) atoms. The zero-order valence-electron chi connectivity index (χ0n) is 44.2. The normalized spacial score (nSPS) is 13.1. The number of hydrogen-bond donors (Lipinski definition) is 3. The summed E-state index contributed by atoms with van der Waals surface area (Å²) in [6.45, 7) is 6.52. The summed E-state index contributed by atoms with van der Waals surface area (Å²) < 4.78 is 5.96. The van der Waals surface area contributed by atoms with Crippen LogP contribution in [0.1, 0.15) is 329 Å². The Hall–Kier alpha value is -1.40. The summed E-state index contributed by atoms with van der Waals surface area (Å²) in [4.78, 5) is 26.3. The summed E-state index contributed by atoms with van der Waals surface area (Å²) in [7, 11) is 0. The van der Waals surface area contributed by atoms with E-state index in [1.54, 1.807) is 0 Å². The third-order valence-electron chi connectivity index (χ3n) is 13.8. The minimum Gasteiger partial charge on any atom is -0.462 e. The Bertz CT molecular complexity index is 986. The van der Waals surface area contributed by atoms with Crippen LogP contribution in [0.4, 0.5) is 0 Å². The van der Waals surface area contributed by atoms with Crippen LogP contribution in [-0.2, 0) is 14.3 Å². The van der Waals surface area contributed by atoms with Crippen LogP contribution in [0, 0.1) is 0 Å². The topological polar surface area (TPSA) is 95.9 Å². The number of nitrogens with one attached hydrogen (secondary N) is 1. The summed E-state index contributed by atoms with van der Waals surface area (Å²) >= 11 is 0. The molecule has 1 amide bonds. The lowest BCUT2D eigenvalue weighted by atomic mass is 10.0. The molecule has 0 spiro atoms. The Balaban J connectivity index is 4.49. The van der Waals surface area contributed by atoms with Crippen LogP contribution in [-0.4, -0.2) is 46.9 Å². The molecule has 0 aromatic heterocycles. The predicted molar refractivity (Wildman–Crippen MR) is 283 cm³/mol. The maximum atomic E-state index is 13.3. The van der Waals surface area contributed by atoms with E-state index in [0.717, 1.165) is 57.8 Å². The molecule has 0 aliphatic rings. The first-order valence-corrected chi connectivity index (χ1v) is 29.4. The van der Waals surface area contributed by atoms with E-state index in [2.05, 4.69) is 38.2 Å². The molecule has 0 saturated carbocycles. The number of carbonyl (C=O) groups excluding carboxylic acids is 2. The maximum absolute atomic E-state index is 13.3. The minimum absolute atomic E-state index is 0.0747. The lowest BCUT2D eigenvalue weighted by molar-refractivity contribution is -0.151. The van der Waals surface area contributed by atoms with Gasteiger partial charge < -0.3 is 20.3 Å². The van der Waals surface area contributed by atoms with Crippen molar-refractivity contribution in [1.82, 2.24) is 5.32 Å². The molecule has 0 aromatic carbocycles. The molecular formula is C59H115NO5. The number of allylic oxidation sites excluding steroid dienone is 2. The molecule has 0 aromatic rings. The van der Waals surface area contributed by atoms with Crippen LogP contribution in [0.2, 0.25) is 0 Å². The van der Waals surface area contributed by atoms with Crippen molar-refractivity contribution in [3.05, 3.63) is 12.2 Å². The van der Waals surface area contributed by atoms with Crippen molar-refractivity contribution in [2.24, 2.45) is 0 Å². The smallest absolute Gasteiger partial charge is 0.306 e. The van der Waals surface area contributed by atoms with Gasteiger partial charge in [-0.3, -0.25) is 9.59 Å². The van der Waals surface area contributed by atoms with Crippen LogP contribution < -0.4 is 5.32 Å². The van der Waals surface area contributed by atoms with Gasteiger partial charge in [-0.25, -0.2) is 0 Å². The molecule has 386 valence electrons. The second-order valence-corrected chi connectivity index (χ2v) is 20.4. The van der Waals surface area contributed by atoms with Crippen LogP contribution in [0.15, 0.2) is 12.2 Å². The fourth-order valence-corrected chi connectivity index (χ4v) is 9.37. The zero-order chi connectivity index (χ0) is 47.4. The quantitative estimate of drug-likeness (QED) is 0.0321. The SMILES string of the molecule is CCCCCCCCC/C=C/CCCCCC(CC(=O)NC(CO)C(O)CCCCCCCCCCCCCCCC)OC(=O)CCCCCCCCCCCCCCCCCCCC. The van der Waals surface area contributed by atoms with Crippen LogP contribution >= 0.6 is 0 Å². The Labute approximate surface area is 406 Å². The average molecular weight is 919 g/mol. The fourth-order valence-electron chi connectivity index (χ4n) is 9.37. The van der Waals surface area contributed by atoms with Gasteiger partial charge in [-0.1, -0.05) is 277 Å². The second-order valence-electron chi connectivity index (χ2n) is 20.4. The van der Waals surface area contributed by atoms with Crippen molar-refractivity contribution >= 4 is 11.9 Å². The molecule has 0 fully saturated rings. The van der Waals surface area contributed by atoms with Gasteiger partial charge in [0.2, 0.25) is 5.91 Å². The third-order valence-corrected chi connectivity index (χ3v) is 13.8. The molecule has 0 aliphatic heterocycles. The molecular weight excluding hydrogens is 803 g/mol. The summed E-state index contributed by atoms with van der Waals surface area (Å²) in [6.07, 6.45) is 61.4. The Morgan fingerprint density at radius 1 is 0.431 bits per heavy atom.